The van der Waals surface area contributed by atoms with Crippen molar-refractivity contribution in [2.45, 2.75) is 53.4 Å². The van der Waals surface area contributed by atoms with Crippen molar-refractivity contribution in [3.05, 3.63) is 58.1 Å². The van der Waals surface area contributed by atoms with Gasteiger partial charge in [-0.3, -0.25) is 9.59 Å². The summed E-state index contributed by atoms with van der Waals surface area (Å²) in [5.74, 6) is -0.435. The lowest BCUT2D eigenvalue weighted by Gasteiger charge is -2.37. The van der Waals surface area contributed by atoms with Gasteiger partial charge >= 0.3 is 0 Å². The summed E-state index contributed by atoms with van der Waals surface area (Å²) in [6.45, 7) is 7.95. The molecule has 0 fully saturated rings. The van der Waals surface area contributed by atoms with Gasteiger partial charge in [-0.15, -0.1) is 0 Å². The Labute approximate surface area is 183 Å². The van der Waals surface area contributed by atoms with Crippen LogP contribution in [0.4, 0.5) is 0 Å². The number of carbonyl (C=O) groups excluding carboxylic acids is 2. The second-order valence-corrected chi connectivity index (χ2v) is 10.6. The van der Waals surface area contributed by atoms with Crippen molar-refractivity contribution < 1.29 is 24.5 Å². The SMILES string of the molecule is CC1(C)CC(=O)C(C(C2=Cc3ccccc3OC2)C2=C(O)CC(C)(C)CC2=O)=C(O)C1. The maximum atomic E-state index is 13.2. The molecular weight excluding hydrogens is 392 g/mol. The minimum Gasteiger partial charge on any atom is -0.512 e. The highest BCUT2D eigenvalue weighted by Gasteiger charge is 2.44. The Balaban J connectivity index is 1.90. The first-order valence-electron chi connectivity index (χ1n) is 10.8. The quantitative estimate of drug-likeness (QED) is 0.674. The van der Waals surface area contributed by atoms with Gasteiger partial charge in [-0.2, -0.15) is 0 Å². The van der Waals surface area contributed by atoms with Gasteiger partial charge in [0.15, 0.2) is 11.6 Å². The summed E-state index contributed by atoms with van der Waals surface area (Å²) in [6.07, 6.45) is 3.18. The van der Waals surface area contributed by atoms with Gasteiger partial charge in [-0.1, -0.05) is 45.9 Å². The number of Topliss-reactive ketones (excluding diaryl/α,β-unsaturated/α-hetero) is 2. The summed E-state index contributed by atoms with van der Waals surface area (Å²) < 4.78 is 5.92. The van der Waals surface area contributed by atoms with E-state index in [2.05, 4.69) is 0 Å². The highest BCUT2D eigenvalue weighted by atomic mass is 16.5. The molecule has 4 rings (SSSR count). The molecule has 0 spiro atoms. The Morgan fingerprint density at radius 3 is 1.87 bits per heavy atom. The van der Waals surface area contributed by atoms with Gasteiger partial charge < -0.3 is 14.9 Å². The van der Waals surface area contributed by atoms with Gasteiger partial charge in [0, 0.05) is 48.3 Å². The minimum absolute atomic E-state index is 0.00365. The topological polar surface area (TPSA) is 83.8 Å². The van der Waals surface area contributed by atoms with Crippen molar-refractivity contribution in [3.63, 3.8) is 0 Å². The third-order valence-corrected chi connectivity index (χ3v) is 6.40. The van der Waals surface area contributed by atoms with Crippen LogP contribution in [-0.2, 0) is 9.59 Å². The van der Waals surface area contributed by atoms with Crippen LogP contribution in [0.2, 0.25) is 0 Å². The summed E-state index contributed by atoms with van der Waals surface area (Å²) in [5.41, 5.74) is 1.29. The molecule has 1 aromatic carbocycles. The predicted molar refractivity (Wildman–Crippen MR) is 119 cm³/mol. The lowest BCUT2D eigenvalue weighted by molar-refractivity contribution is -0.119. The van der Waals surface area contributed by atoms with Gasteiger partial charge in [0.1, 0.15) is 23.9 Å². The minimum atomic E-state index is -0.805. The largest absolute Gasteiger partial charge is 0.512 e. The normalized spacial score (nSPS) is 22.9. The van der Waals surface area contributed by atoms with E-state index in [4.69, 9.17) is 4.74 Å². The molecule has 164 valence electrons. The summed E-state index contributed by atoms with van der Waals surface area (Å²) >= 11 is 0. The van der Waals surface area contributed by atoms with E-state index >= 15 is 0 Å². The van der Waals surface area contributed by atoms with Crippen LogP contribution in [0.3, 0.4) is 0 Å². The molecule has 3 aliphatic rings. The summed E-state index contributed by atoms with van der Waals surface area (Å²) in [6, 6.07) is 7.56. The number of rotatable bonds is 3. The third kappa shape index (κ3) is 4.06. The van der Waals surface area contributed by atoms with E-state index in [0.717, 1.165) is 11.3 Å². The number of benzene rings is 1. The molecule has 5 nitrogen and oxygen atoms in total. The lowest BCUT2D eigenvalue weighted by atomic mass is 9.66. The predicted octanol–water partition coefficient (Wildman–Crippen LogP) is 5.48. The van der Waals surface area contributed by atoms with E-state index in [1.807, 2.05) is 58.0 Å². The maximum Gasteiger partial charge on any atom is 0.163 e. The fraction of sp³-hybridized carbons (Fsp3) is 0.462. The number of para-hydroxylation sites is 1. The molecule has 5 heteroatoms. The summed E-state index contributed by atoms with van der Waals surface area (Å²) in [5, 5.41) is 21.9. The van der Waals surface area contributed by atoms with Crippen LogP contribution >= 0.6 is 0 Å². The Morgan fingerprint density at radius 2 is 1.35 bits per heavy atom. The lowest BCUT2D eigenvalue weighted by Crippen LogP contribution is -2.36. The molecule has 31 heavy (non-hydrogen) atoms. The number of carbonyl (C=O) groups is 2. The Morgan fingerprint density at radius 1 is 0.839 bits per heavy atom. The van der Waals surface area contributed by atoms with Crippen LogP contribution in [0.15, 0.2) is 52.5 Å². The number of hydrogen-bond acceptors (Lipinski definition) is 5. The first-order chi connectivity index (χ1) is 14.5. The number of fused-ring (bicyclic) bond motifs is 1. The molecule has 1 aliphatic heterocycles. The Hall–Kier alpha value is -2.82. The van der Waals surface area contributed by atoms with Crippen LogP contribution in [0.1, 0.15) is 58.9 Å². The van der Waals surface area contributed by atoms with E-state index in [-0.39, 0.29) is 64.5 Å². The molecule has 2 aliphatic carbocycles. The van der Waals surface area contributed by atoms with Gasteiger partial charge in [-0.25, -0.2) is 0 Å². The maximum absolute atomic E-state index is 13.2. The zero-order valence-electron chi connectivity index (χ0n) is 18.6. The van der Waals surface area contributed by atoms with Gasteiger partial charge in [0.05, 0.1) is 0 Å². The molecule has 2 N–H and O–H groups in total. The average Bonchev–Trinajstić information content (AvgIpc) is 2.63. The second-order valence-electron chi connectivity index (χ2n) is 10.6. The monoisotopic (exact) mass is 422 g/mol. The number of ether oxygens (including phenoxy) is 1. The second kappa shape index (κ2) is 7.40. The molecule has 0 unspecified atom stereocenters. The zero-order valence-corrected chi connectivity index (χ0v) is 18.6. The zero-order chi connectivity index (χ0) is 22.6. The fourth-order valence-corrected chi connectivity index (χ4v) is 5.07. The van der Waals surface area contributed by atoms with Gasteiger partial charge in [0.25, 0.3) is 0 Å². The Bertz CT molecular complexity index is 999. The Kier molecular flexibility index (Phi) is 5.11. The standard InChI is InChI=1S/C26H30O5/c1-25(2)10-17(27)23(18(28)11-25)22(24-19(29)12-26(3,4)13-20(24)30)16-9-15-7-5-6-8-21(15)31-14-16/h5-9,22,27,29H,10-14H2,1-4H3. The smallest absolute Gasteiger partial charge is 0.163 e. The molecule has 0 atom stereocenters. The average molecular weight is 423 g/mol. The molecule has 1 heterocycles. The molecule has 0 aromatic heterocycles. The highest BCUT2D eigenvalue weighted by Crippen LogP contribution is 2.47. The molecule has 0 radical (unpaired) electrons. The molecule has 0 bridgehead atoms. The van der Waals surface area contributed by atoms with Crippen molar-refractivity contribution >= 4 is 17.6 Å². The number of ketones is 2. The summed E-state index contributed by atoms with van der Waals surface area (Å²) in [7, 11) is 0. The fourth-order valence-electron chi connectivity index (χ4n) is 5.07. The number of aliphatic hydroxyl groups is 2. The van der Waals surface area contributed by atoms with Gasteiger partial charge in [0.2, 0.25) is 0 Å². The van der Waals surface area contributed by atoms with Crippen LogP contribution in [0, 0.1) is 16.7 Å². The molecule has 0 saturated carbocycles. The van der Waals surface area contributed by atoms with Crippen LogP contribution in [-0.4, -0.2) is 28.4 Å². The molecule has 0 amide bonds. The number of allylic oxidation sites excluding steroid dienone is 4. The van der Waals surface area contributed by atoms with Crippen molar-refractivity contribution in [1.82, 2.24) is 0 Å². The van der Waals surface area contributed by atoms with Crippen molar-refractivity contribution in [2.75, 3.05) is 6.61 Å². The summed E-state index contributed by atoms with van der Waals surface area (Å²) in [4.78, 5) is 26.5. The third-order valence-electron chi connectivity index (χ3n) is 6.40. The van der Waals surface area contributed by atoms with Gasteiger partial charge in [-0.05, 0) is 28.5 Å². The highest BCUT2D eigenvalue weighted by molar-refractivity contribution is 6.05. The first kappa shape index (κ1) is 21.4. The molecule has 0 saturated heterocycles. The van der Waals surface area contributed by atoms with Crippen molar-refractivity contribution in [1.29, 1.82) is 0 Å². The van der Waals surface area contributed by atoms with E-state index in [9.17, 15) is 19.8 Å². The van der Waals surface area contributed by atoms with Crippen LogP contribution in [0.5, 0.6) is 5.75 Å². The molecule has 1 aromatic rings. The van der Waals surface area contributed by atoms with E-state index in [0.29, 0.717) is 18.4 Å². The van der Waals surface area contributed by atoms with Crippen molar-refractivity contribution in [3.8, 4) is 5.75 Å². The van der Waals surface area contributed by atoms with E-state index in [1.54, 1.807) is 0 Å². The first-order valence-corrected chi connectivity index (χ1v) is 10.8. The van der Waals surface area contributed by atoms with E-state index < -0.39 is 5.92 Å². The van der Waals surface area contributed by atoms with E-state index in [1.165, 1.54) is 0 Å². The molecular formula is C26H30O5. The van der Waals surface area contributed by atoms with Crippen LogP contribution in [0.25, 0.3) is 6.08 Å². The number of aliphatic hydroxyl groups excluding tert-OH is 2. The number of hydrogen-bond donors (Lipinski definition) is 2. The van der Waals surface area contributed by atoms with Crippen LogP contribution < -0.4 is 4.74 Å². The van der Waals surface area contributed by atoms with Crippen molar-refractivity contribution in [2.24, 2.45) is 16.7 Å².